The summed E-state index contributed by atoms with van der Waals surface area (Å²) in [4.78, 5) is 22.3. The van der Waals surface area contributed by atoms with Crippen LogP contribution in [0.3, 0.4) is 0 Å². The molecule has 1 heterocycles. The van der Waals surface area contributed by atoms with Crippen molar-refractivity contribution < 1.29 is 14.3 Å². The van der Waals surface area contributed by atoms with Gasteiger partial charge >= 0.3 is 5.97 Å². The molecule has 0 aliphatic heterocycles. The van der Waals surface area contributed by atoms with Crippen molar-refractivity contribution in [2.45, 2.75) is 32.7 Å². The largest absolute Gasteiger partial charge is 0.451 e. The van der Waals surface area contributed by atoms with Gasteiger partial charge in [-0.1, -0.05) is 0 Å². The molecule has 1 amide bonds. The van der Waals surface area contributed by atoms with Crippen LogP contribution in [-0.2, 0) is 14.3 Å². The number of hydrogen-bond donors (Lipinski definition) is 1. The fraction of sp³-hybridized carbons (Fsp3) is 0.400. The molecule has 1 fully saturated rings. The first-order valence-corrected chi connectivity index (χ1v) is 6.69. The second-order valence-electron chi connectivity index (χ2n) is 5.14. The number of primary amides is 1. The fourth-order valence-corrected chi connectivity index (χ4v) is 2.35. The van der Waals surface area contributed by atoms with Crippen molar-refractivity contribution in [3.63, 3.8) is 0 Å². The zero-order valence-corrected chi connectivity index (χ0v) is 12.0. The van der Waals surface area contributed by atoms with Crippen molar-refractivity contribution >= 4 is 18.0 Å². The number of nitrogens with zero attached hydrogens (tertiary/aromatic N) is 2. The van der Waals surface area contributed by atoms with E-state index in [1.165, 1.54) is 6.08 Å². The predicted octanol–water partition coefficient (Wildman–Crippen LogP) is 1.38. The number of carbonyl (C=O) groups excluding carboxylic acids is 2. The number of nitriles is 1. The lowest BCUT2D eigenvalue weighted by Gasteiger charge is -2.06. The topological polar surface area (TPSA) is 98.1 Å². The van der Waals surface area contributed by atoms with E-state index < -0.39 is 18.5 Å². The van der Waals surface area contributed by atoms with Gasteiger partial charge in [0.1, 0.15) is 11.6 Å². The Hall–Kier alpha value is -2.55. The molecule has 0 aromatic carbocycles. The van der Waals surface area contributed by atoms with E-state index in [0.717, 1.165) is 29.8 Å². The van der Waals surface area contributed by atoms with Crippen molar-refractivity contribution in [3.05, 3.63) is 28.6 Å². The number of esters is 1. The molecule has 0 radical (unpaired) electrons. The summed E-state index contributed by atoms with van der Waals surface area (Å²) in [6.07, 6.45) is 3.81. The van der Waals surface area contributed by atoms with E-state index in [4.69, 9.17) is 11.0 Å². The molecular formula is C15H17N3O3. The van der Waals surface area contributed by atoms with Crippen LogP contribution in [0.4, 0.5) is 0 Å². The zero-order chi connectivity index (χ0) is 15.6. The van der Waals surface area contributed by atoms with E-state index in [2.05, 4.69) is 9.30 Å². The maximum absolute atomic E-state index is 11.7. The number of aromatic nitrogens is 1. The third kappa shape index (κ3) is 3.31. The van der Waals surface area contributed by atoms with Crippen LogP contribution in [0.2, 0.25) is 0 Å². The Kier molecular flexibility index (Phi) is 4.13. The first-order valence-electron chi connectivity index (χ1n) is 6.69. The van der Waals surface area contributed by atoms with Crippen molar-refractivity contribution in [2.24, 2.45) is 5.73 Å². The quantitative estimate of drug-likeness (QED) is 0.502. The molecule has 1 aromatic rings. The third-order valence-electron chi connectivity index (χ3n) is 3.42. The molecule has 6 heteroatoms. The van der Waals surface area contributed by atoms with E-state index in [0.29, 0.717) is 6.04 Å². The molecule has 21 heavy (non-hydrogen) atoms. The van der Waals surface area contributed by atoms with Crippen LogP contribution < -0.4 is 5.73 Å². The molecule has 1 aliphatic rings. The molecule has 0 bridgehead atoms. The lowest BCUT2D eigenvalue weighted by molar-refractivity contribution is -0.143. The minimum absolute atomic E-state index is 0.146. The van der Waals surface area contributed by atoms with Crippen molar-refractivity contribution in [1.29, 1.82) is 5.26 Å². The van der Waals surface area contributed by atoms with E-state index in [1.807, 2.05) is 19.9 Å². The highest BCUT2D eigenvalue weighted by Crippen LogP contribution is 2.38. The molecule has 2 rings (SSSR count). The van der Waals surface area contributed by atoms with E-state index >= 15 is 0 Å². The molecule has 1 aliphatic carbocycles. The molecule has 1 aromatic heterocycles. The summed E-state index contributed by atoms with van der Waals surface area (Å²) in [6.45, 7) is 3.43. The summed E-state index contributed by atoms with van der Waals surface area (Å²) < 4.78 is 6.87. The average molecular weight is 287 g/mol. The molecular weight excluding hydrogens is 270 g/mol. The first-order chi connectivity index (χ1) is 9.93. The number of nitrogens with two attached hydrogens (primary N) is 1. The second kappa shape index (κ2) is 5.83. The summed E-state index contributed by atoms with van der Waals surface area (Å²) in [5.74, 6) is -1.60. The number of amides is 1. The molecule has 0 unspecified atom stereocenters. The Labute approximate surface area is 122 Å². The summed E-state index contributed by atoms with van der Waals surface area (Å²) >= 11 is 0. The highest BCUT2D eigenvalue weighted by atomic mass is 16.5. The van der Waals surface area contributed by atoms with E-state index in [1.54, 1.807) is 6.07 Å². The Morgan fingerprint density at radius 2 is 2.19 bits per heavy atom. The standard InChI is InChI=1S/C15H17N3O3/c1-9-5-11(10(2)18(9)13-3-4-13)6-12(7-16)15(20)21-8-14(17)19/h5-6,13H,3-4,8H2,1-2H3,(H2,17,19)/b12-6+. The van der Waals surface area contributed by atoms with Gasteiger partial charge in [-0.25, -0.2) is 4.79 Å². The molecule has 110 valence electrons. The maximum atomic E-state index is 11.7. The summed E-state index contributed by atoms with van der Waals surface area (Å²) in [5.41, 5.74) is 7.69. The fourth-order valence-electron chi connectivity index (χ4n) is 2.35. The lowest BCUT2D eigenvalue weighted by atomic mass is 10.1. The summed E-state index contributed by atoms with van der Waals surface area (Å²) in [6, 6.07) is 4.26. The zero-order valence-electron chi connectivity index (χ0n) is 12.0. The van der Waals surface area contributed by atoms with E-state index in [9.17, 15) is 9.59 Å². The van der Waals surface area contributed by atoms with Crippen molar-refractivity contribution in [3.8, 4) is 6.07 Å². The smallest absolute Gasteiger partial charge is 0.349 e. The molecule has 6 nitrogen and oxygen atoms in total. The van der Waals surface area contributed by atoms with Crippen LogP contribution in [0.15, 0.2) is 11.6 Å². The number of carbonyl (C=O) groups is 2. The molecule has 2 N–H and O–H groups in total. The number of rotatable bonds is 5. The van der Waals surface area contributed by atoms with Crippen molar-refractivity contribution in [1.82, 2.24) is 4.57 Å². The number of aryl methyl sites for hydroxylation is 1. The van der Waals surface area contributed by atoms with Gasteiger partial charge in [0, 0.05) is 17.4 Å². The SMILES string of the molecule is Cc1cc(/C=C(\C#N)C(=O)OCC(N)=O)c(C)n1C1CC1. The van der Waals surface area contributed by atoms with Gasteiger partial charge in [-0.05, 0) is 44.4 Å². The highest BCUT2D eigenvalue weighted by molar-refractivity contribution is 5.98. The number of hydrogen-bond acceptors (Lipinski definition) is 4. The van der Waals surface area contributed by atoms with Crippen LogP contribution in [-0.4, -0.2) is 23.1 Å². The lowest BCUT2D eigenvalue weighted by Crippen LogP contribution is -2.21. The van der Waals surface area contributed by atoms with Gasteiger partial charge in [-0.3, -0.25) is 4.79 Å². The van der Waals surface area contributed by atoms with Crippen LogP contribution in [0.5, 0.6) is 0 Å². The van der Waals surface area contributed by atoms with Gasteiger partial charge in [-0.15, -0.1) is 0 Å². The maximum Gasteiger partial charge on any atom is 0.349 e. The van der Waals surface area contributed by atoms with Crippen molar-refractivity contribution in [2.75, 3.05) is 6.61 Å². The Morgan fingerprint density at radius 3 is 2.71 bits per heavy atom. The van der Waals surface area contributed by atoms with Gasteiger partial charge in [0.2, 0.25) is 0 Å². The second-order valence-corrected chi connectivity index (χ2v) is 5.14. The van der Waals surface area contributed by atoms with Crippen LogP contribution >= 0.6 is 0 Å². The van der Waals surface area contributed by atoms with Gasteiger partial charge in [0.15, 0.2) is 6.61 Å². The first kappa shape index (κ1) is 14.9. The number of ether oxygens (including phenoxy) is 1. The minimum Gasteiger partial charge on any atom is -0.451 e. The van der Waals surface area contributed by atoms with Crippen LogP contribution in [0.1, 0.15) is 35.8 Å². The van der Waals surface area contributed by atoms with Gasteiger partial charge < -0.3 is 15.0 Å². The molecule has 1 saturated carbocycles. The Morgan fingerprint density at radius 1 is 1.52 bits per heavy atom. The third-order valence-corrected chi connectivity index (χ3v) is 3.42. The molecule has 0 spiro atoms. The minimum atomic E-state index is -0.840. The summed E-state index contributed by atoms with van der Waals surface area (Å²) in [5, 5.41) is 9.07. The molecule has 0 atom stereocenters. The Balaban J connectivity index is 2.24. The van der Waals surface area contributed by atoms with Gasteiger partial charge in [0.05, 0.1) is 0 Å². The summed E-state index contributed by atoms with van der Waals surface area (Å²) in [7, 11) is 0. The van der Waals surface area contributed by atoms with Crippen LogP contribution in [0, 0.1) is 25.2 Å². The molecule has 0 saturated heterocycles. The normalized spacial score (nSPS) is 14.6. The monoisotopic (exact) mass is 287 g/mol. The van der Waals surface area contributed by atoms with Gasteiger partial charge in [0.25, 0.3) is 5.91 Å². The van der Waals surface area contributed by atoms with E-state index in [-0.39, 0.29) is 5.57 Å². The van der Waals surface area contributed by atoms with Gasteiger partial charge in [-0.2, -0.15) is 5.26 Å². The average Bonchev–Trinajstić information content (AvgIpc) is 3.21. The highest BCUT2D eigenvalue weighted by Gasteiger charge is 2.26. The predicted molar refractivity (Wildman–Crippen MR) is 75.9 cm³/mol. The van der Waals surface area contributed by atoms with Crippen LogP contribution in [0.25, 0.3) is 6.08 Å². The Bertz CT molecular complexity index is 660.